The summed E-state index contributed by atoms with van der Waals surface area (Å²) >= 11 is 0. The molecule has 1 aromatic rings. The van der Waals surface area contributed by atoms with Gasteiger partial charge >= 0.3 is 5.97 Å². The zero-order valence-corrected chi connectivity index (χ0v) is 11.2. The molecule has 4 heteroatoms. The van der Waals surface area contributed by atoms with Crippen molar-refractivity contribution in [1.82, 2.24) is 5.32 Å². The fourth-order valence-corrected chi connectivity index (χ4v) is 1.53. The molecular weight excluding hydrogens is 230 g/mol. The van der Waals surface area contributed by atoms with E-state index in [-0.39, 0.29) is 12.0 Å². The molecule has 0 aliphatic carbocycles. The summed E-state index contributed by atoms with van der Waals surface area (Å²) in [4.78, 5) is 10.5. The van der Waals surface area contributed by atoms with E-state index in [1.807, 2.05) is 38.1 Å². The Hall–Kier alpha value is -1.39. The van der Waals surface area contributed by atoms with Gasteiger partial charge < -0.3 is 15.2 Å². The van der Waals surface area contributed by atoms with E-state index < -0.39 is 5.97 Å². The van der Waals surface area contributed by atoms with Crippen LogP contribution in [-0.4, -0.2) is 30.3 Å². The predicted octanol–water partition coefficient (Wildman–Crippen LogP) is 1.83. The van der Waals surface area contributed by atoms with E-state index in [1.54, 1.807) is 7.11 Å². The van der Waals surface area contributed by atoms with Gasteiger partial charge in [0, 0.05) is 20.2 Å². The van der Waals surface area contributed by atoms with Crippen molar-refractivity contribution in [1.29, 1.82) is 0 Å². The first-order valence-electron chi connectivity index (χ1n) is 5.98. The Morgan fingerprint density at radius 1 is 1.28 bits per heavy atom. The number of hydrogen-bond acceptors (Lipinski definition) is 3. The number of rotatable bonds is 7. The highest BCUT2D eigenvalue weighted by Crippen LogP contribution is 2.07. The third kappa shape index (κ3) is 5.29. The van der Waals surface area contributed by atoms with Crippen molar-refractivity contribution in [3.63, 3.8) is 0 Å². The van der Waals surface area contributed by atoms with Crippen LogP contribution in [0.25, 0.3) is 0 Å². The molecule has 0 atom stereocenters. The molecule has 0 radical (unpaired) electrons. The van der Waals surface area contributed by atoms with Crippen molar-refractivity contribution in [3.8, 4) is 0 Å². The van der Waals surface area contributed by atoms with Gasteiger partial charge in [-0.25, -0.2) is 0 Å². The average Bonchev–Trinajstić information content (AvgIpc) is 2.30. The quantitative estimate of drug-likeness (QED) is 0.776. The molecule has 0 bridgehead atoms. The maximum atomic E-state index is 10.5. The highest BCUT2D eigenvalue weighted by molar-refractivity contribution is 5.70. The molecule has 0 amide bonds. The molecule has 4 nitrogen and oxygen atoms in total. The summed E-state index contributed by atoms with van der Waals surface area (Å²) in [6, 6.07) is 7.61. The molecule has 0 unspecified atom stereocenters. The lowest BCUT2D eigenvalue weighted by molar-refractivity contribution is -0.136. The second-order valence-corrected chi connectivity index (χ2v) is 4.95. The first-order chi connectivity index (χ1) is 8.43. The Balaban J connectivity index is 2.42. The second kappa shape index (κ2) is 6.52. The van der Waals surface area contributed by atoms with Crippen molar-refractivity contribution in [2.45, 2.75) is 32.4 Å². The number of hydrogen-bond donors (Lipinski definition) is 2. The summed E-state index contributed by atoms with van der Waals surface area (Å²) in [6.45, 7) is 5.56. The number of aliphatic carboxylic acids is 1. The van der Waals surface area contributed by atoms with Gasteiger partial charge in [0.1, 0.15) is 0 Å². The van der Waals surface area contributed by atoms with Gasteiger partial charge in [-0.2, -0.15) is 0 Å². The minimum atomic E-state index is -0.803. The zero-order valence-electron chi connectivity index (χ0n) is 11.2. The van der Waals surface area contributed by atoms with Gasteiger partial charge in [0.15, 0.2) is 0 Å². The molecule has 0 aliphatic rings. The van der Waals surface area contributed by atoms with E-state index in [9.17, 15) is 4.79 Å². The smallest absolute Gasteiger partial charge is 0.307 e. The first-order valence-corrected chi connectivity index (χ1v) is 5.98. The SMILES string of the molecule is COC(C)(C)CNCc1ccc(CC(=O)O)cc1. The van der Waals surface area contributed by atoms with Crippen LogP contribution in [-0.2, 0) is 22.5 Å². The monoisotopic (exact) mass is 251 g/mol. The number of methoxy groups -OCH3 is 1. The lowest BCUT2D eigenvalue weighted by atomic mass is 10.1. The summed E-state index contributed by atoms with van der Waals surface area (Å²) in [5, 5.41) is 12.0. The highest BCUT2D eigenvalue weighted by atomic mass is 16.5. The van der Waals surface area contributed by atoms with Crippen LogP contribution in [0.5, 0.6) is 0 Å². The Bertz CT molecular complexity index is 385. The number of nitrogens with one attached hydrogen (secondary N) is 1. The summed E-state index contributed by atoms with van der Waals surface area (Å²) in [5.41, 5.74) is 1.78. The summed E-state index contributed by atoms with van der Waals surface area (Å²) in [7, 11) is 1.70. The van der Waals surface area contributed by atoms with E-state index in [4.69, 9.17) is 9.84 Å². The van der Waals surface area contributed by atoms with Gasteiger partial charge in [-0.05, 0) is 25.0 Å². The molecule has 0 saturated heterocycles. The van der Waals surface area contributed by atoms with E-state index in [0.717, 1.165) is 24.2 Å². The standard InChI is InChI=1S/C14H21NO3/c1-14(2,18-3)10-15-9-12-6-4-11(5-7-12)8-13(16)17/h4-7,15H,8-10H2,1-3H3,(H,16,17). The summed E-state index contributed by atoms with van der Waals surface area (Å²) in [6.07, 6.45) is 0.0738. The number of ether oxygens (including phenoxy) is 1. The maximum Gasteiger partial charge on any atom is 0.307 e. The van der Waals surface area contributed by atoms with Crippen LogP contribution in [0.15, 0.2) is 24.3 Å². The molecule has 1 aromatic carbocycles. The minimum Gasteiger partial charge on any atom is -0.481 e. The molecular formula is C14H21NO3. The number of carbonyl (C=O) groups is 1. The van der Waals surface area contributed by atoms with Gasteiger partial charge in [-0.3, -0.25) is 4.79 Å². The number of carboxylic acids is 1. The van der Waals surface area contributed by atoms with Crippen LogP contribution in [0, 0.1) is 0 Å². The van der Waals surface area contributed by atoms with Crippen molar-refractivity contribution in [2.24, 2.45) is 0 Å². The lowest BCUT2D eigenvalue weighted by Gasteiger charge is -2.23. The van der Waals surface area contributed by atoms with Gasteiger partial charge in [-0.1, -0.05) is 24.3 Å². The van der Waals surface area contributed by atoms with E-state index >= 15 is 0 Å². The fourth-order valence-electron chi connectivity index (χ4n) is 1.53. The normalized spacial score (nSPS) is 11.5. The third-order valence-corrected chi connectivity index (χ3v) is 2.81. The molecule has 0 aliphatic heterocycles. The van der Waals surface area contributed by atoms with Crippen molar-refractivity contribution < 1.29 is 14.6 Å². The Labute approximate surface area is 108 Å². The predicted molar refractivity (Wildman–Crippen MR) is 70.6 cm³/mol. The van der Waals surface area contributed by atoms with Crippen LogP contribution in [0.2, 0.25) is 0 Å². The average molecular weight is 251 g/mol. The molecule has 100 valence electrons. The molecule has 18 heavy (non-hydrogen) atoms. The van der Waals surface area contributed by atoms with Gasteiger partial charge in [0.05, 0.1) is 12.0 Å². The van der Waals surface area contributed by atoms with Gasteiger partial charge in [0.2, 0.25) is 0 Å². The van der Waals surface area contributed by atoms with Crippen molar-refractivity contribution >= 4 is 5.97 Å². The number of benzene rings is 1. The van der Waals surface area contributed by atoms with Crippen LogP contribution in [0.4, 0.5) is 0 Å². The van der Waals surface area contributed by atoms with Crippen LogP contribution in [0.3, 0.4) is 0 Å². The first kappa shape index (κ1) is 14.7. The largest absolute Gasteiger partial charge is 0.481 e. The molecule has 0 spiro atoms. The van der Waals surface area contributed by atoms with Crippen molar-refractivity contribution in [2.75, 3.05) is 13.7 Å². The molecule has 0 saturated carbocycles. The van der Waals surface area contributed by atoms with Gasteiger partial charge in [-0.15, -0.1) is 0 Å². The molecule has 2 N–H and O–H groups in total. The van der Waals surface area contributed by atoms with E-state index in [1.165, 1.54) is 0 Å². The highest BCUT2D eigenvalue weighted by Gasteiger charge is 2.14. The zero-order chi connectivity index (χ0) is 13.6. The fraction of sp³-hybridized carbons (Fsp3) is 0.500. The van der Waals surface area contributed by atoms with Crippen LogP contribution < -0.4 is 5.32 Å². The topological polar surface area (TPSA) is 58.6 Å². The van der Waals surface area contributed by atoms with Crippen LogP contribution in [0.1, 0.15) is 25.0 Å². The van der Waals surface area contributed by atoms with E-state index in [2.05, 4.69) is 5.32 Å². The van der Waals surface area contributed by atoms with Crippen LogP contribution >= 0.6 is 0 Å². The molecule has 0 aromatic heterocycles. The third-order valence-electron chi connectivity index (χ3n) is 2.81. The number of carboxylic acid groups (broad SMARTS) is 1. The minimum absolute atomic E-state index is 0.0738. The van der Waals surface area contributed by atoms with E-state index in [0.29, 0.717) is 0 Å². The van der Waals surface area contributed by atoms with Crippen molar-refractivity contribution in [3.05, 3.63) is 35.4 Å². The Morgan fingerprint density at radius 2 is 1.83 bits per heavy atom. The Kier molecular flexibility index (Phi) is 5.31. The summed E-state index contributed by atoms with van der Waals surface area (Å²) < 4.78 is 5.31. The molecule has 1 rings (SSSR count). The molecule has 0 fully saturated rings. The lowest BCUT2D eigenvalue weighted by Crippen LogP contribution is -2.36. The molecule has 0 heterocycles. The van der Waals surface area contributed by atoms with Gasteiger partial charge in [0.25, 0.3) is 0 Å². The maximum absolute atomic E-state index is 10.5. The Morgan fingerprint density at radius 3 is 2.33 bits per heavy atom. The second-order valence-electron chi connectivity index (χ2n) is 4.95. The summed E-state index contributed by atoms with van der Waals surface area (Å²) in [5.74, 6) is -0.803.